The predicted octanol–water partition coefficient (Wildman–Crippen LogP) is 3.42. The van der Waals surface area contributed by atoms with Gasteiger partial charge in [-0.15, -0.1) is 0 Å². The molecule has 2 aromatic rings. The number of aliphatic hydroxyl groups is 1. The van der Waals surface area contributed by atoms with E-state index < -0.39 is 0 Å². The third-order valence-corrected chi connectivity index (χ3v) is 6.77. The van der Waals surface area contributed by atoms with Crippen molar-refractivity contribution in [1.29, 1.82) is 0 Å². The van der Waals surface area contributed by atoms with Gasteiger partial charge in [0.15, 0.2) is 11.6 Å². The highest BCUT2D eigenvalue weighted by atomic mass is 16.3. The Labute approximate surface area is 182 Å². The molecule has 2 aliphatic carbocycles. The van der Waals surface area contributed by atoms with E-state index >= 15 is 0 Å². The van der Waals surface area contributed by atoms with Gasteiger partial charge in [0, 0.05) is 29.3 Å². The van der Waals surface area contributed by atoms with Crippen LogP contribution in [0.15, 0.2) is 36.4 Å². The first-order valence-electron chi connectivity index (χ1n) is 10.9. The van der Waals surface area contributed by atoms with Crippen molar-refractivity contribution in [2.75, 3.05) is 18.5 Å². The summed E-state index contributed by atoms with van der Waals surface area (Å²) in [5, 5.41) is 15.5. The number of nitrogens with one attached hydrogen (secondary N) is 2. The van der Waals surface area contributed by atoms with Gasteiger partial charge in [-0.3, -0.25) is 14.4 Å². The average molecular weight is 421 g/mol. The first-order chi connectivity index (χ1) is 14.9. The lowest BCUT2D eigenvalue weighted by Crippen LogP contribution is -2.44. The number of anilines is 1. The number of aliphatic hydroxyl groups excluding tert-OH is 1. The SMILES string of the molecule is C[C@@H]1[C@@H](NC(=O)c2ccc3c(c2NCCO)C(=O)c2ccccc2C3=O)CCC[C@@H]1C. The normalized spacial score (nSPS) is 22.5. The van der Waals surface area contributed by atoms with E-state index in [2.05, 4.69) is 24.5 Å². The number of hydrogen-bond acceptors (Lipinski definition) is 5. The molecule has 3 atom stereocenters. The maximum atomic E-state index is 13.3. The van der Waals surface area contributed by atoms with Crippen LogP contribution in [-0.4, -0.2) is 41.8 Å². The van der Waals surface area contributed by atoms with Gasteiger partial charge in [-0.05, 0) is 30.4 Å². The van der Waals surface area contributed by atoms with Crippen LogP contribution in [0.1, 0.15) is 75.3 Å². The highest BCUT2D eigenvalue weighted by Crippen LogP contribution is 2.35. The molecule has 0 heterocycles. The number of hydrogen-bond donors (Lipinski definition) is 3. The van der Waals surface area contributed by atoms with Crippen LogP contribution in [0.5, 0.6) is 0 Å². The molecule has 0 unspecified atom stereocenters. The Morgan fingerprint density at radius 2 is 1.71 bits per heavy atom. The molecular formula is C25H28N2O4. The van der Waals surface area contributed by atoms with E-state index in [-0.39, 0.29) is 47.8 Å². The maximum Gasteiger partial charge on any atom is 0.253 e. The van der Waals surface area contributed by atoms with Gasteiger partial charge in [-0.1, -0.05) is 51.0 Å². The standard InChI is InChI=1S/C25H28N2O4/c1-14-6-5-9-20(15(14)2)27-25(31)19-11-10-18-21(22(19)26-12-13-28)24(30)17-8-4-3-7-16(17)23(18)29/h3-4,7-8,10-11,14-15,20,26,28H,5-6,9,12-13H2,1-2H3,(H,27,31)/t14-,15-,20-/m0/s1. The molecular weight excluding hydrogens is 392 g/mol. The zero-order chi connectivity index (χ0) is 22.1. The number of carbonyl (C=O) groups excluding carboxylic acids is 3. The van der Waals surface area contributed by atoms with Gasteiger partial charge in [-0.25, -0.2) is 0 Å². The van der Waals surface area contributed by atoms with Gasteiger partial charge in [-0.2, -0.15) is 0 Å². The molecule has 0 spiro atoms. The molecule has 6 nitrogen and oxygen atoms in total. The fraction of sp³-hybridized carbons (Fsp3) is 0.400. The smallest absolute Gasteiger partial charge is 0.253 e. The first kappa shape index (κ1) is 21.2. The number of rotatable bonds is 5. The third kappa shape index (κ3) is 3.76. The van der Waals surface area contributed by atoms with E-state index in [0.717, 1.165) is 19.3 Å². The fourth-order valence-electron chi connectivity index (χ4n) is 4.77. The van der Waals surface area contributed by atoms with E-state index in [9.17, 15) is 19.5 Å². The molecule has 31 heavy (non-hydrogen) atoms. The van der Waals surface area contributed by atoms with E-state index in [0.29, 0.717) is 34.2 Å². The van der Waals surface area contributed by atoms with E-state index in [1.165, 1.54) is 0 Å². The van der Waals surface area contributed by atoms with Crippen LogP contribution < -0.4 is 10.6 Å². The second kappa shape index (κ2) is 8.63. The topological polar surface area (TPSA) is 95.5 Å². The molecule has 2 aliphatic rings. The third-order valence-electron chi connectivity index (χ3n) is 6.77. The Morgan fingerprint density at radius 3 is 2.42 bits per heavy atom. The summed E-state index contributed by atoms with van der Waals surface area (Å²) >= 11 is 0. The largest absolute Gasteiger partial charge is 0.395 e. The number of ketones is 2. The quantitative estimate of drug-likeness (QED) is 0.588. The van der Waals surface area contributed by atoms with Crippen LogP contribution >= 0.6 is 0 Å². The molecule has 162 valence electrons. The number of amides is 1. The number of carbonyl (C=O) groups is 3. The second-order valence-corrected chi connectivity index (χ2v) is 8.61. The summed E-state index contributed by atoms with van der Waals surface area (Å²) in [5.74, 6) is 0.0942. The fourth-order valence-corrected chi connectivity index (χ4v) is 4.77. The molecule has 4 rings (SSSR count). The summed E-state index contributed by atoms with van der Waals surface area (Å²) < 4.78 is 0. The van der Waals surface area contributed by atoms with Gasteiger partial charge < -0.3 is 15.7 Å². The lowest BCUT2D eigenvalue weighted by atomic mass is 9.78. The molecule has 0 bridgehead atoms. The van der Waals surface area contributed by atoms with Crippen LogP contribution in [-0.2, 0) is 0 Å². The molecule has 1 saturated carbocycles. The van der Waals surface area contributed by atoms with Crippen LogP contribution in [0.2, 0.25) is 0 Å². The van der Waals surface area contributed by atoms with Gasteiger partial charge >= 0.3 is 0 Å². The van der Waals surface area contributed by atoms with E-state index in [4.69, 9.17) is 0 Å². The molecule has 2 aromatic carbocycles. The van der Waals surface area contributed by atoms with Crippen molar-refractivity contribution in [2.45, 2.75) is 39.2 Å². The molecule has 0 radical (unpaired) electrons. The Kier molecular flexibility index (Phi) is 5.92. The highest BCUT2D eigenvalue weighted by Gasteiger charge is 2.34. The Bertz CT molecular complexity index is 1050. The lowest BCUT2D eigenvalue weighted by Gasteiger charge is -2.34. The van der Waals surface area contributed by atoms with Gasteiger partial charge in [0.25, 0.3) is 5.91 Å². The molecule has 1 amide bonds. The lowest BCUT2D eigenvalue weighted by molar-refractivity contribution is 0.0891. The monoisotopic (exact) mass is 420 g/mol. The van der Waals surface area contributed by atoms with Crippen LogP contribution in [0.25, 0.3) is 0 Å². The Morgan fingerprint density at radius 1 is 1.00 bits per heavy atom. The first-order valence-corrected chi connectivity index (χ1v) is 10.9. The summed E-state index contributed by atoms with van der Waals surface area (Å²) in [6.45, 7) is 4.36. The van der Waals surface area contributed by atoms with Crippen molar-refractivity contribution in [1.82, 2.24) is 5.32 Å². The van der Waals surface area contributed by atoms with Crippen LogP contribution in [0.3, 0.4) is 0 Å². The van der Waals surface area contributed by atoms with Crippen LogP contribution in [0, 0.1) is 11.8 Å². The van der Waals surface area contributed by atoms with Crippen molar-refractivity contribution < 1.29 is 19.5 Å². The van der Waals surface area contributed by atoms with Crippen molar-refractivity contribution in [2.24, 2.45) is 11.8 Å². The summed E-state index contributed by atoms with van der Waals surface area (Å²) in [7, 11) is 0. The van der Waals surface area contributed by atoms with Crippen molar-refractivity contribution in [3.8, 4) is 0 Å². The molecule has 1 fully saturated rings. The summed E-state index contributed by atoms with van der Waals surface area (Å²) in [4.78, 5) is 39.6. The van der Waals surface area contributed by atoms with Gasteiger partial charge in [0.05, 0.1) is 23.4 Å². The van der Waals surface area contributed by atoms with Gasteiger partial charge in [0.2, 0.25) is 0 Å². The number of benzene rings is 2. The average Bonchev–Trinajstić information content (AvgIpc) is 2.78. The summed E-state index contributed by atoms with van der Waals surface area (Å²) in [5.41, 5.74) is 1.82. The van der Waals surface area contributed by atoms with E-state index in [1.807, 2.05) is 0 Å². The predicted molar refractivity (Wildman–Crippen MR) is 119 cm³/mol. The van der Waals surface area contributed by atoms with Crippen molar-refractivity contribution in [3.63, 3.8) is 0 Å². The minimum Gasteiger partial charge on any atom is -0.395 e. The molecule has 0 aliphatic heterocycles. The molecule has 0 saturated heterocycles. The van der Waals surface area contributed by atoms with Crippen molar-refractivity contribution in [3.05, 3.63) is 64.2 Å². The molecule has 0 aromatic heterocycles. The summed E-state index contributed by atoms with van der Waals surface area (Å²) in [6, 6.07) is 9.96. The highest BCUT2D eigenvalue weighted by molar-refractivity contribution is 6.31. The Hall–Kier alpha value is -2.99. The maximum absolute atomic E-state index is 13.3. The zero-order valence-electron chi connectivity index (χ0n) is 17.9. The Balaban J connectivity index is 1.75. The minimum absolute atomic E-state index is 0.0658. The molecule has 6 heteroatoms. The summed E-state index contributed by atoms with van der Waals surface area (Å²) in [6.07, 6.45) is 3.15. The van der Waals surface area contributed by atoms with Crippen LogP contribution in [0.4, 0.5) is 5.69 Å². The minimum atomic E-state index is -0.292. The second-order valence-electron chi connectivity index (χ2n) is 8.61. The van der Waals surface area contributed by atoms with Crippen molar-refractivity contribution >= 4 is 23.2 Å². The zero-order valence-corrected chi connectivity index (χ0v) is 17.9. The van der Waals surface area contributed by atoms with E-state index in [1.54, 1.807) is 36.4 Å². The number of fused-ring (bicyclic) bond motifs is 2. The van der Waals surface area contributed by atoms with Gasteiger partial charge in [0.1, 0.15) is 0 Å². The molecule has 3 N–H and O–H groups in total.